The summed E-state index contributed by atoms with van der Waals surface area (Å²) in [4.78, 5) is 12.9. The summed E-state index contributed by atoms with van der Waals surface area (Å²) in [6.07, 6.45) is 6.69. The number of aryl methyl sites for hydroxylation is 1. The van der Waals surface area contributed by atoms with Crippen LogP contribution in [0.1, 0.15) is 30.4 Å². The van der Waals surface area contributed by atoms with Crippen molar-refractivity contribution in [3.8, 4) is 0 Å². The van der Waals surface area contributed by atoms with Gasteiger partial charge in [-0.05, 0) is 55.5 Å². The van der Waals surface area contributed by atoms with Crippen LogP contribution in [0.5, 0.6) is 0 Å². The molecule has 0 aliphatic carbocycles. The molecule has 0 radical (unpaired) electrons. The van der Waals surface area contributed by atoms with Gasteiger partial charge >= 0.3 is 5.97 Å². The van der Waals surface area contributed by atoms with Crippen molar-refractivity contribution in [1.29, 1.82) is 0 Å². The Morgan fingerprint density at radius 1 is 1.28 bits per heavy atom. The van der Waals surface area contributed by atoms with E-state index in [4.69, 9.17) is 5.11 Å². The fourth-order valence-corrected chi connectivity index (χ4v) is 2.36. The van der Waals surface area contributed by atoms with Crippen LogP contribution in [-0.4, -0.2) is 24.2 Å². The molecule has 1 aliphatic rings. The highest BCUT2D eigenvalue weighted by molar-refractivity contribution is 5.85. The predicted molar refractivity (Wildman–Crippen MR) is 73.9 cm³/mol. The molecule has 0 bridgehead atoms. The summed E-state index contributed by atoms with van der Waals surface area (Å²) in [6, 6.07) is 6.23. The first-order valence-corrected chi connectivity index (χ1v) is 6.43. The number of aliphatic carboxylic acids is 1. The average molecular weight is 245 g/mol. The molecule has 1 saturated heterocycles. The van der Waals surface area contributed by atoms with Gasteiger partial charge in [-0.3, -0.25) is 0 Å². The molecule has 0 unspecified atom stereocenters. The molecule has 1 heterocycles. The van der Waals surface area contributed by atoms with E-state index in [9.17, 15) is 4.79 Å². The lowest BCUT2D eigenvalue weighted by atomic mass is 10.0. The standard InChI is InChI=1S/C15H19NO2/c1-12-11-14(16-9-3-2-4-10-16)7-5-13(12)6-8-15(17)18/h5-8,11H,2-4,9-10H2,1H3,(H,17,18). The maximum Gasteiger partial charge on any atom is 0.328 e. The van der Waals surface area contributed by atoms with Crippen molar-refractivity contribution in [3.05, 3.63) is 35.4 Å². The van der Waals surface area contributed by atoms with E-state index in [0.29, 0.717) is 0 Å². The van der Waals surface area contributed by atoms with Crippen molar-refractivity contribution in [1.82, 2.24) is 0 Å². The Morgan fingerprint density at radius 3 is 2.61 bits per heavy atom. The van der Waals surface area contributed by atoms with Gasteiger partial charge in [0.1, 0.15) is 0 Å². The lowest BCUT2D eigenvalue weighted by molar-refractivity contribution is -0.131. The summed E-state index contributed by atoms with van der Waals surface area (Å²) in [5.74, 6) is -0.908. The fourth-order valence-electron chi connectivity index (χ4n) is 2.36. The molecule has 2 rings (SSSR count). The Morgan fingerprint density at radius 2 is 2.00 bits per heavy atom. The summed E-state index contributed by atoms with van der Waals surface area (Å²) in [5.41, 5.74) is 3.34. The molecule has 3 nitrogen and oxygen atoms in total. The van der Waals surface area contributed by atoms with Crippen molar-refractivity contribution in [3.63, 3.8) is 0 Å². The third-order valence-electron chi connectivity index (χ3n) is 3.38. The lowest BCUT2D eigenvalue weighted by Gasteiger charge is -2.29. The monoisotopic (exact) mass is 245 g/mol. The van der Waals surface area contributed by atoms with Crippen LogP contribution in [0.4, 0.5) is 5.69 Å². The molecule has 96 valence electrons. The maximum atomic E-state index is 10.5. The normalized spacial score (nSPS) is 16.2. The Bertz CT molecular complexity index is 460. The molecule has 3 heteroatoms. The molecule has 1 aromatic rings. The lowest BCUT2D eigenvalue weighted by Crippen LogP contribution is -2.29. The first-order chi connectivity index (χ1) is 8.66. The third kappa shape index (κ3) is 3.13. The van der Waals surface area contributed by atoms with Crippen molar-refractivity contribution >= 4 is 17.7 Å². The molecule has 0 aromatic heterocycles. The number of carboxylic acid groups (broad SMARTS) is 1. The summed E-state index contributed by atoms with van der Waals surface area (Å²) < 4.78 is 0. The van der Waals surface area contributed by atoms with Crippen molar-refractivity contribution in [2.45, 2.75) is 26.2 Å². The molecule has 18 heavy (non-hydrogen) atoms. The zero-order chi connectivity index (χ0) is 13.0. The molecule has 0 amide bonds. The van der Waals surface area contributed by atoms with Gasteiger partial charge in [-0.25, -0.2) is 4.79 Å². The van der Waals surface area contributed by atoms with Gasteiger partial charge in [-0.15, -0.1) is 0 Å². The Hall–Kier alpha value is -1.77. The zero-order valence-corrected chi connectivity index (χ0v) is 10.7. The molecule has 1 aliphatic heterocycles. The van der Waals surface area contributed by atoms with Crippen LogP contribution in [-0.2, 0) is 4.79 Å². The smallest absolute Gasteiger partial charge is 0.328 e. The van der Waals surface area contributed by atoms with Crippen molar-refractivity contribution in [2.24, 2.45) is 0 Å². The Labute approximate surface area is 108 Å². The summed E-state index contributed by atoms with van der Waals surface area (Å²) >= 11 is 0. The molecule has 0 atom stereocenters. The number of rotatable bonds is 3. The van der Waals surface area contributed by atoms with Crippen LogP contribution in [0.25, 0.3) is 6.08 Å². The highest BCUT2D eigenvalue weighted by Gasteiger charge is 2.11. The molecular weight excluding hydrogens is 226 g/mol. The number of hydrogen-bond acceptors (Lipinski definition) is 2. The SMILES string of the molecule is Cc1cc(N2CCCCC2)ccc1C=CC(=O)O. The van der Waals surface area contributed by atoms with E-state index in [1.165, 1.54) is 31.0 Å². The highest BCUT2D eigenvalue weighted by atomic mass is 16.4. The van der Waals surface area contributed by atoms with E-state index < -0.39 is 5.97 Å². The van der Waals surface area contributed by atoms with Gasteiger partial charge in [0.15, 0.2) is 0 Å². The van der Waals surface area contributed by atoms with E-state index in [0.717, 1.165) is 24.2 Å². The van der Waals surface area contributed by atoms with Crippen LogP contribution in [0, 0.1) is 6.92 Å². The first kappa shape index (κ1) is 12.7. The predicted octanol–water partition coefficient (Wildman–Crippen LogP) is 3.08. The van der Waals surface area contributed by atoms with Crippen LogP contribution in [0.15, 0.2) is 24.3 Å². The number of hydrogen-bond donors (Lipinski definition) is 1. The molecular formula is C15H19NO2. The molecule has 1 N–H and O–H groups in total. The van der Waals surface area contributed by atoms with Crippen LogP contribution in [0.3, 0.4) is 0 Å². The Balaban J connectivity index is 2.16. The largest absolute Gasteiger partial charge is 0.478 e. The topological polar surface area (TPSA) is 40.5 Å². The van der Waals surface area contributed by atoms with Gasteiger partial charge < -0.3 is 10.0 Å². The van der Waals surface area contributed by atoms with E-state index in [1.807, 2.05) is 13.0 Å². The van der Waals surface area contributed by atoms with Gasteiger partial charge in [0.2, 0.25) is 0 Å². The van der Waals surface area contributed by atoms with Gasteiger partial charge in [0.25, 0.3) is 0 Å². The fraction of sp³-hybridized carbons (Fsp3) is 0.400. The number of anilines is 1. The second-order valence-electron chi connectivity index (χ2n) is 4.76. The number of carboxylic acids is 1. The van der Waals surface area contributed by atoms with E-state index in [2.05, 4.69) is 17.0 Å². The summed E-state index contributed by atoms with van der Waals surface area (Å²) in [6.45, 7) is 4.28. The molecule has 1 aromatic carbocycles. The number of benzene rings is 1. The first-order valence-electron chi connectivity index (χ1n) is 6.43. The van der Waals surface area contributed by atoms with E-state index in [1.54, 1.807) is 6.08 Å². The van der Waals surface area contributed by atoms with Gasteiger partial charge in [-0.2, -0.15) is 0 Å². The van der Waals surface area contributed by atoms with Gasteiger partial charge in [0, 0.05) is 24.9 Å². The number of carbonyl (C=O) groups is 1. The van der Waals surface area contributed by atoms with Crippen LogP contribution in [0.2, 0.25) is 0 Å². The quantitative estimate of drug-likeness (QED) is 0.832. The molecule has 0 saturated carbocycles. The van der Waals surface area contributed by atoms with Crippen molar-refractivity contribution in [2.75, 3.05) is 18.0 Å². The minimum atomic E-state index is -0.908. The minimum absolute atomic E-state index is 0.908. The third-order valence-corrected chi connectivity index (χ3v) is 3.38. The second-order valence-corrected chi connectivity index (χ2v) is 4.76. The van der Waals surface area contributed by atoms with Crippen LogP contribution < -0.4 is 4.90 Å². The second kappa shape index (κ2) is 5.71. The number of piperidine rings is 1. The molecule has 0 spiro atoms. The highest BCUT2D eigenvalue weighted by Crippen LogP contribution is 2.23. The number of nitrogens with zero attached hydrogens (tertiary/aromatic N) is 1. The summed E-state index contributed by atoms with van der Waals surface area (Å²) in [7, 11) is 0. The van der Waals surface area contributed by atoms with Crippen molar-refractivity contribution < 1.29 is 9.90 Å². The van der Waals surface area contributed by atoms with Gasteiger partial charge in [0.05, 0.1) is 0 Å². The van der Waals surface area contributed by atoms with E-state index >= 15 is 0 Å². The maximum absolute atomic E-state index is 10.5. The average Bonchev–Trinajstić information content (AvgIpc) is 2.38. The zero-order valence-electron chi connectivity index (χ0n) is 10.7. The minimum Gasteiger partial charge on any atom is -0.478 e. The Kier molecular flexibility index (Phi) is 4.03. The van der Waals surface area contributed by atoms with Gasteiger partial charge in [-0.1, -0.05) is 6.07 Å². The summed E-state index contributed by atoms with van der Waals surface area (Å²) in [5, 5.41) is 8.63. The van der Waals surface area contributed by atoms with E-state index in [-0.39, 0.29) is 0 Å². The van der Waals surface area contributed by atoms with Crippen LogP contribution >= 0.6 is 0 Å². The molecule has 1 fully saturated rings.